The van der Waals surface area contributed by atoms with Gasteiger partial charge in [-0.3, -0.25) is 19.2 Å². The van der Waals surface area contributed by atoms with E-state index in [4.69, 9.17) is 20.4 Å². The van der Waals surface area contributed by atoms with Gasteiger partial charge in [0.15, 0.2) is 5.92 Å². The number of hydrogen-bond donors (Lipinski definition) is 4. The Morgan fingerprint density at radius 3 is 1.31 bits per heavy atom. The molecule has 0 unspecified atom stereocenters. The molecule has 0 aromatic carbocycles. The quantitative estimate of drug-likeness (QED) is 0.340. The van der Waals surface area contributed by atoms with Crippen molar-refractivity contribution in [1.82, 2.24) is 0 Å². The molecule has 0 aromatic rings. The van der Waals surface area contributed by atoms with Crippen molar-refractivity contribution in [3.63, 3.8) is 0 Å². The lowest BCUT2D eigenvalue weighted by Gasteiger charge is -2.24. The molecule has 0 heterocycles. The number of carboxylic acids is 4. The van der Waals surface area contributed by atoms with Crippen LogP contribution >= 0.6 is 0 Å². The first-order valence-electron chi connectivity index (χ1n) is 3.77. The summed E-state index contributed by atoms with van der Waals surface area (Å²) in [5.74, 6) is -11.0. The molecule has 0 aromatic heterocycles. The fourth-order valence-electron chi connectivity index (χ4n) is 1.13. The molecular weight excluding hydrogens is 224 g/mol. The average Bonchev–Trinajstić information content (AvgIpc) is 2.10. The monoisotopic (exact) mass is 232 g/mol. The largest absolute Gasteiger partial charge is 0.481 e. The van der Waals surface area contributed by atoms with Gasteiger partial charge in [0.25, 0.3) is 0 Å². The summed E-state index contributed by atoms with van der Waals surface area (Å²) < 4.78 is 0. The minimum absolute atomic E-state index is 0.282. The molecule has 0 aliphatic rings. The molecule has 0 saturated heterocycles. The van der Waals surface area contributed by atoms with Crippen molar-refractivity contribution in [2.45, 2.75) is 0 Å². The Labute approximate surface area is 88.4 Å². The second-order valence-corrected chi connectivity index (χ2v) is 2.79. The van der Waals surface area contributed by atoms with Gasteiger partial charge < -0.3 is 20.4 Å². The first-order chi connectivity index (χ1) is 7.21. The highest BCUT2D eigenvalue weighted by Crippen LogP contribution is 2.31. The average molecular weight is 232 g/mol. The van der Waals surface area contributed by atoms with Gasteiger partial charge in [0.1, 0.15) is 0 Å². The third kappa shape index (κ3) is 1.85. The maximum absolute atomic E-state index is 10.8. The van der Waals surface area contributed by atoms with Crippen LogP contribution in [0, 0.1) is 11.3 Å². The van der Waals surface area contributed by atoms with Crippen LogP contribution in [0.5, 0.6) is 0 Å². The summed E-state index contributed by atoms with van der Waals surface area (Å²) in [6.07, 6.45) is 0.282. The van der Waals surface area contributed by atoms with Crippen LogP contribution < -0.4 is 0 Å². The predicted octanol–water partition coefficient (Wildman–Crippen LogP) is -0.887. The summed E-state index contributed by atoms with van der Waals surface area (Å²) >= 11 is 0. The van der Waals surface area contributed by atoms with Crippen LogP contribution in [0.1, 0.15) is 0 Å². The lowest BCUT2D eigenvalue weighted by molar-refractivity contribution is -0.178. The number of aliphatic carboxylic acids is 4. The van der Waals surface area contributed by atoms with E-state index in [2.05, 4.69) is 6.58 Å². The fraction of sp³-hybridized carbons (Fsp3) is 0.250. The van der Waals surface area contributed by atoms with E-state index in [1.54, 1.807) is 0 Å². The van der Waals surface area contributed by atoms with Crippen LogP contribution in [0.25, 0.3) is 0 Å². The van der Waals surface area contributed by atoms with Gasteiger partial charge in [-0.1, -0.05) is 6.08 Å². The molecule has 0 saturated carbocycles. The van der Waals surface area contributed by atoms with Crippen molar-refractivity contribution in [2.75, 3.05) is 0 Å². The second kappa shape index (κ2) is 4.43. The fourth-order valence-corrected chi connectivity index (χ4v) is 1.13. The zero-order valence-electron chi connectivity index (χ0n) is 7.78. The zero-order valence-corrected chi connectivity index (χ0v) is 7.78. The second-order valence-electron chi connectivity index (χ2n) is 2.79. The summed E-state index contributed by atoms with van der Waals surface area (Å²) in [6.45, 7) is 2.87. The van der Waals surface area contributed by atoms with Crippen molar-refractivity contribution >= 4 is 23.9 Å². The van der Waals surface area contributed by atoms with Gasteiger partial charge in [-0.05, 0) is 0 Å². The van der Waals surface area contributed by atoms with Gasteiger partial charge >= 0.3 is 23.9 Å². The summed E-state index contributed by atoms with van der Waals surface area (Å²) in [7, 11) is 0. The van der Waals surface area contributed by atoms with Gasteiger partial charge in [0, 0.05) is 0 Å². The molecule has 0 atom stereocenters. The molecule has 0 fully saturated rings. The van der Waals surface area contributed by atoms with E-state index in [1.807, 2.05) is 0 Å². The van der Waals surface area contributed by atoms with Crippen molar-refractivity contribution in [3.8, 4) is 0 Å². The van der Waals surface area contributed by atoms with Gasteiger partial charge in [0.05, 0.1) is 0 Å². The maximum atomic E-state index is 10.8. The molecule has 0 spiro atoms. The molecule has 0 bridgehead atoms. The van der Waals surface area contributed by atoms with E-state index in [9.17, 15) is 19.2 Å². The Kier molecular flexibility index (Phi) is 3.77. The predicted molar refractivity (Wildman–Crippen MR) is 46.7 cm³/mol. The lowest BCUT2D eigenvalue weighted by Crippen LogP contribution is -2.50. The highest BCUT2D eigenvalue weighted by Gasteiger charge is 2.58. The number of carbonyl (C=O) groups is 4. The van der Waals surface area contributed by atoms with Gasteiger partial charge in [-0.15, -0.1) is 6.58 Å². The number of rotatable bonds is 6. The van der Waals surface area contributed by atoms with Crippen LogP contribution in [0.2, 0.25) is 0 Å². The molecule has 0 aliphatic heterocycles. The summed E-state index contributed by atoms with van der Waals surface area (Å²) in [5.41, 5.74) is -3.10. The topological polar surface area (TPSA) is 149 Å². The molecule has 0 radical (unpaired) electrons. The highest BCUT2D eigenvalue weighted by molar-refractivity contribution is 6.11. The highest BCUT2D eigenvalue weighted by atomic mass is 16.4. The normalized spacial score (nSPS) is 10.8. The van der Waals surface area contributed by atoms with E-state index in [0.29, 0.717) is 0 Å². The van der Waals surface area contributed by atoms with E-state index in [-0.39, 0.29) is 6.08 Å². The molecule has 88 valence electrons. The van der Waals surface area contributed by atoms with E-state index >= 15 is 0 Å². The van der Waals surface area contributed by atoms with E-state index in [0.717, 1.165) is 0 Å². The molecule has 0 aliphatic carbocycles. The van der Waals surface area contributed by atoms with Crippen molar-refractivity contribution in [2.24, 2.45) is 11.3 Å². The zero-order chi connectivity index (χ0) is 13.1. The van der Waals surface area contributed by atoms with Crippen LogP contribution in [-0.4, -0.2) is 44.3 Å². The van der Waals surface area contributed by atoms with Gasteiger partial charge in [-0.25, -0.2) is 0 Å². The number of hydrogen-bond acceptors (Lipinski definition) is 4. The Hall–Kier alpha value is -2.38. The van der Waals surface area contributed by atoms with Crippen LogP contribution in [0.4, 0.5) is 0 Å². The molecule has 8 nitrogen and oxygen atoms in total. The lowest BCUT2D eigenvalue weighted by atomic mass is 9.75. The summed E-state index contributed by atoms with van der Waals surface area (Å²) in [6, 6.07) is 0. The van der Waals surface area contributed by atoms with Crippen molar-refractivity contribution < 1.29 is 39.6 Å². The van der Waals surface area contributed by atoms with Crippen LogP contribution in [0.3, 0.4) is 0 Å². The first kappa shape index (κ1) is 13.6. The summed E-state index contributed by atoms with van der Waals surface area (Å²) in [4.78, 5) is 42.7. The molecule has 0 amide bonds. The maximum Gasteiger partial charge on any atom is 0.326 e. The Balaban J connectivity index is 5.91. The Morgan fingerprint density at radius 2 is 1.25 bits per heavy atom. The number of carboxylic acid groups (broad SMARTS) is 4. The van der Waals surface area contributed by atoms with Crippen LogP contribution in [0.15, 0.2) is 12.7 Å². The van der Waals surface area contributed by atoms with Gasteiger partial charge in [0.2, 0.25) is 5.41 Å². The Bertz CT molecular complexity index is 340. The van der Waals surface area contributed by atoms with E-state index in [1.165, 1.54) is 0 Å². The Morgan fingerprint density at radius 1 is 0.938 bits per heavy atom. The minimum atomic E-state index is -3.10. The third-order valence-electron chi connectivity index (χ3n) is 1.98. The van der Waals surface area contributed by atoms with Gasteiger partial charge in [-0.2, -0.15) is 0 Å². The molecule has 8 heteroatoms. The van der Waals surface area contributed by atoms with Crippen molar-refractivity contribution in [1.29, 1.82) is 0 Å². The molecular formula is C8H8O8. The third-order valence-corrected chi connectivity index (χ3v) is 1.98. The van der Waals surface area contributed by atoms with Crippen molar-refractivity contribution in [3.05, 3.63) is 12.7 Å². The minimum Gasteiger partial charge on any atom is -0.481 e. The van der Waals surface area contributed by atoms with Crippen LogP contribution in [-0.2, 0) is 19.2 Å². The standard InChI is InChI=1S/C8H8O8/c1-2-8(6(13)14,7(15)16)3(4(9)10)5(11)12/h2-3H,1H2,(H,9,10)(H,11,12)(H,13,14)(H,15,16). The smallest absolute Gasteiger partial charge is 0.326 e. The van der Waals surface area contributed by atoms with E-state index < -0.39 is 35.2 Å². The SMILES string of the molecule is C=CC(C(=O)O)(C(=O)O)C(C(=O)O)C(=O)O. The first-order valence-corrected chi connectivity index (χ1v) is 3.77. The summed E-state index contributed by atoms with van der Waals surface area (Å²) in [5, 5.41) is 34.5. The molecule has 4 N–H and O–H groups in total. The molecule has 16 heavy (non-hydrogen) atoms. The molecule has 0 rings (SSSR count).